The third-order valence-corrected chi connectivity index (χ3v) is 4.24. The van der Waals surface area contributed by atoms with Gasteiger partial charge in [-0.2, -0.15) is 0 Å². The van der Waals surface area contributed by atoms with E-state index in [0.29, 0.717) is 37.9 Å². The lowest BCUT2D eigenvalue weighted by Crippen LogP contribution is -2.51. The van der Waals surface area contributed by atoms with Crippen LogP contribution in [0.1, 0.15) is 32.6 Å². The number of rotatable bonds is 4. The lowest BCUT2D eigenvalue weighted by molar-refractivity contribution is -0.138. The molecule has 5 heteroatoms. The third-order valence-electron chi connectivity index (χ3n) is 4.24. The van der Waals surface area contributed by atoms with E-state index in [-0.39, 0.29) is 11.8 Å². The molecule has 2 aliphatic heterocycles. The normalized spacial score (nSPS) is 30.2. The number of carbonyl (C=O) groups is 2. The molecule has 0 saturated carbocycles. The zero-order chi connectivity index (χ0) is 13.1. The van der Waals surface area contributed by atoms with Gasteiger partial charge in [-0.1, -0.05) is 6.92 Å². The molecule has 2 atom stereocenters. The molecule has 2 rings (SSSR count). The highest BCUT2D eigenvalue weighted by Crippen LogP contribution is 2.22. The number of amides is 2. The van der Waals surface area contributed by atoms with Crippen LogP contribution in [-0.2, 0) is 9.59 Å². The van der Waals surface area contributed by atoms with Crippen LogP contribution in [-0.4, -0.2) is 53.8 Å². The Kier molecular flexibility index (Phi) is 4.35. The Morgan fingerprint density at radius 3 is 2.50 bits per heavy atom. The van der Waals surface area contributed by atoms with Crippen molar-refractivity contribution in [1.29, 1.82) is 0 Å². The molecule has 2 aliphatic rings. The summed E-state index contributed by atoms with van der Waals surface area (Å²) < 4.78 is 0. The standard InChI is InChI=1S/C13H23N3O2/c1-10-3-2-6-15(11(10)9-14)7-8-16-12(17)4-5-13(16)18/h10-11H,2-9,14H2,1H3. The van der Waals surface area contributed by atoms with Crippen molar-refractivity contribution in [3.8, 4) is 0 Å². The lowest BCUT2D eigenvalue weighted by Gasteiger charge is -2.39. The number of hydrogen-bond donors (Lipinski definition) is 1. The molecule has 0 radical (unpaired) electrons. The fourth-order valence-electron chi connectivity index (χ4n) is 3.09. The first-order valence-corrected chi connectivity index (χ1v) is 6.90. The highest BCUT2D eigenvalue weighted by molar-refractivity contribution is 6.01. The van der Waals surface area contributed by atoms with Crippen molar-refractivity contribution in [3.63, 3.8) is 0 Å². The van der Waals surface area contributed by atoms with Gasteiger partial charge in [0.25, 0.3) is 0 Å². The van der Waals surface area contributed by atoms with E-state index in [2.05, 4.69) is 11.8 Å². The van der Waals surface area contributed by atoms with Gasteiger partial charge in [-0.05, 0) is 25.3 Å². The first kappa shape index (κ1) is 13.5. The van der Waals surface area contributed by atoms with Crippen LogP contribution in [0, 0.1) is 5.92 Å². The van der Waals surface area contributed by atoms with Crippen LogP contribution in [0.2, 0.25) is 0 Å². The molecule has 0 spiro atoms. The lowest BCUT2D eigenvalue weighted by atomic mass is 9.91. The SMILES string of the molecule is CC1CCCN(CCN2C(=O)CCC2=O)C1CN. The molecule has 5 nitrogen and oxygen atoms in total. The van der Waals surface area contributed by atoms with Crippen LogP contribution in [0.5, 0.6) is 0 Å². The highest BCUT2D eigenvalue weighted by Gasteiger charge is 2.31. The molecule has 2 amide bonds. The molecular formula is C13H23N3O2. The second-order valence-electron chi connectivity index (χ2n) is 5.40. The molecule has 2 saturated heterocycles. The van der Waals surface area contributed by atoms with Crippen LogP contribution in [0.25, 0.3) is 0 Å². The number of hydrogen-bond acceptors (Lipinski definition) is 4. The number of nitrogens with zero attached hydrogens (tertiary/aromatic N) is 2. The summed E-state index contributed by atoms with van der Waals surface area (Å²) in [5.74, 6) is 0.567. The van der Waals surface area contributed by atoms with Crippen molar-refractivity contribution in [1.82, 2.24) is 9.80 Å². The van der Waals surface area contributed by atoms with Crippen LogP contribution >= 0.6 is 0 Å². The third kappa shape index (κ3) is 2.72. The van der Waals surface area contributed by atoms with Crippen LogP contribution in [0.3, 0.4) is 0 Å². The Labute approximate surface area is 108 Å². The maximum atomic E-state index is 11.5. The summed E-state index contributed by atoms with van der Waals surface area (Å²) in [4.78, 5) is 26.8. The fraction of sp³-hybridized carbons (Fsp3) is 0.846. The maximum Gasteiger partial charge on any atom is 0.229 e. The number of carbonyl (C=O) groups excluding carboxylic acids is 2. The highest BCUT2D eigenvalue weighted by atomic mass is 16.2. The topological polar surface area (TPSA) is 66.6 Å². The minimum absolute atomic E-state index is 0.0191. The van der Waals surface area contributed by atoms with Gasteiger partial charge in [0.15, 0.2) is 0 Å². The molecule has 0 aromatic heterocycles. The summed E-state index contributed by atoms with van der Waals surface area (Å²) in [5, 5.41) is 0. The van der Waals surface area contributed by atoms with Crippen LogP contribution < -0.4 is 5.73 Å². The van der Waals surface area contributed by atoms with Crippen LogP contribution in [0.4, 0.5) is 0 Å². The molecule has 2 heterocycles. The fourth-order valence-corrected chi connectivity index (χ4v) is 3.09. The Balaban J connectivity index is 1.88. The molecule has 102 valence electrons. The van der Waals surface area contributed by atoms with Gasteiger partial charge >= 0.3 is 0 Å². The van der Waals surface area contributed by atoms with Crippen molar-refractivity contribution >= 4 is 11.8 Å². The summed E-state index contributed by atoms with van der Waals surface area (Å²) in [6.45, 7) is 5.21. The van der Waals surface area contributed by atoms with Gasteiger partial charge in [-0.3, -0.25) is 19.4 Å². The van der Waals surface area contributed by atoms with Crippen molar-refractivity contribution in [2.75, 3.05) is 26.2 Å². The quantitative estimate of drug-likeness (QED) is 0.727. The van der Waals surface area contributed by atoms with E-state index >= 15 is 0 Å². The molecule has 2 unspecified atom stereocenters. The van der Waals surface area contributed by atoms with Gasteiger partial charge in [0, 0.05) is 38.5 Å². The molecule has 0 bridgehead atoms. The smallest absolute Gasteiger partial charge is 0.229 e. The molecule has 0 aromatic rings. The largest absolute Gasteiger partial charge is 0.329 e. The zero-order valence-corrected chi connectivity index (χ0v) is 11.1. The van der Waals surface area contributed by atoms with Gasteiger partial charge in [-0.25, -0.2) is 0 Å². The number of nitrogens with two attached hydrogens (primary N) is 1. The second-order valence-corrected chi connectivity index (χ2v) is 5.40. The van der Waals surface area contributed by atoms with E-state index in [1.54, 1.807) is 0 Å². The number of likely N-dealkylation sites (tertiary alicyclic amines) is 2. The van der Waals surface area contributed by atoms with E-state index < -0.39 is 0 Å². The van der Waals surface area contributed by atoms with Crippen LogP contribution in [0.15, 0.2) is 0 Å². The summed E-state index contributed by atoms with van der Waals surface area (Å²) in [5.41, 5.74) is 5.83. The Morgan fingerprint density at radius 2 is 1.89 bits per heavy atom. The summed E-state index contributed by atoms with van der Waals surface area (Å²) in [6.07, 6.45) is 3.17. The Bertz CT molecular complexity index is 316. The van der Waals surface area contributed by atoms with E-state index in [1.165, 1.54) is 17.7 Å². The number of piperidine rings is 1. The molecule has 0 aromatic carbocycles. The average molecular weight is 253 g/mol. The van der Waals surface area contributed by atoms with E-state index in [1.807, 2.05) is 0 Å². The molecule has 0 aliphatic carbocycles. The molecule has 2 fully saturated rings. The first-order chi connectivity index (χ1) is 8.63. The minimum atomic E-state index is -0.0191. The zero-order valence-electron chi connectivity index (χ0n) is 11.1. The van der Waals surface area contributed by atoms with Gasteiger partial charge < -0.3 is 5.73 Å². The molecular weight excluding hydrogens is 230 g/mol. The Morgan fingerprint density at radius 1 is 1.22 bits per heavy atom. The van der Waals surface area contributed by atoms with E-state index in [0.717, 1.165) is 13.1 Å². The predicted octanol–water partition coefficient (Wildman–Crippen LogP) is 0.195. The molecule has 2 N–H and O–H groups in total. The van der Waals surface area contributed by atoms with Gasteiger partial charge in [0.2, 0.25) is 11.8 Å². The monoisotopic (exact) mass is 253 g/mol. The van der Waals surface area contributed by atoms with Crippen molar-refractivity contribution in [2.45, 2.75) is 38.6 Å². The second kappa shape index (κ2) is 5.80. The summed E-state index contributed by atoms with van der Waals surface area (Å²) >= 11 is 0. The summed E-state index contributed by atoms with van der Waals surface area (Å²) in [6, 6.07) is 0.395. The summed E-state index contributed by atoms with van der Waals surface area (Å²) in [7, 11) is 0. The van der Waals surface area contributed by atoms with Gasteiger partial charge in [0.1, 0.15) is 0 Å². The van der Waals surface area contributed by atoms with Gasteiger partial charge in [0.05, 0.1) is 0 Å². The van der Waals surface area contributed by atoms with Crippen molar-refractivity contribution < 1.29 is 9.59 Å². The average Bonchev–Trinajstić information content (AvgIpc) is 2.67. The Hall–Kier alpha value is -0.940. The van der Waals surface area contributed by atoms with E-state index in [4.69, 9.17) is 5.73 Å². The van der Waals surface area contributed by atoms with Crippen molar-refractivity contribution in [3.05, 3.63) is 0 Å². The maximum absolute atomic E-state index is 11.5. The predicted molar refractivity (Wildman–Crippen MR) is 68.8 cm³/mol. The first-order valence-electron chi connectivity index (χ1n) is 6.90. The van der Waals surface area contributed by atoms with E-state index in [9.17, 15) is 9.59 Å². The number of imide groups is 1. The molecule has 18 heavy (non-hydrogen) atoms. The minimum Gasteiger partial charge on any atom is -0.329 e. The van der Waals surface area contributed by atoms with Crippen molar-refractivity contribution in [2.24, 2.45) is 11.7 Å². The van der Waals surface area contributed by atoms with Gasteiger partial charge in [-0.15, -0.1) is 0 Å².